The first kappa shape index (κ1) is 19.5. The molecule has 1 aliphatic heterocycles. The van der Waals surface area contributed by atoms with Gasteiger partial charge >= 0.3 is 0 Å². The van der Waals surface area contributed by atoms with Crippen LogP contribution in [-0.2, 0) is 11.2 Å². The molecule has 1 atom stereocenters. The Bertz CT molecular complexity index is 891. The Morgan fingerprint density at radius 1 is 1.25 bits per heavy atom. The molecule has 0 fully saturated rings. The van der Waals surface area contributed by atoms with Crippen molar-refractivity contribution in [1.82, 2.24) is 0 Å². The fraction of sp³-hybridized carbons (Fsp3) is 0.273. The van der Waals surface area contributed by atoms with E-state index in [2.05, 4.69) is 12.1 Å². The Balaban J connectivity index is 1.71. The second-order valence-electron chi connectivity index (χ2n) is 6.86. The predicted molar refractivity (Wildman–Crippen MR) is 106 cm³/mol. The zero-order valence-corrected chi connectivity index (χ0v) is 15.7. The maximum Gasteiger partial charge on any atom is 0.214 e. The van der Waals surface area contributed by atoms with Crippen molar-refractivity contribution in [2.45, 2.75) is 32.3 Å². The van der Waals surface area contributed by atoms with E-state index in [9.17, 15) is 19.8 Å². The number of nitrogens with zero attached hydrogens (tertiary/aromatic N) is 1. The van der Waals surface area contributed by atoms with Gasteiger partial charge in [-0.05, 0) is 31.7 Å². The molecule has 1 unspecified atom stereocenters. The first-order valence-electron chi connectivity index (χ1n) is 9.21. The Morgan fingerprint density at radius 3 is 2.68 bits per heavy atom. The number of aryl methyl sites for hydroxylation is 1. The van der Waals surface area contributed by atoms with Gasteiger partial charge in [0.1, 0.15) is 11.5 Å². The van der Waals surface area contributed by atoms with Gasteiger partial charge in [0.25, 0.3) is 0 Å². The molecule has 3 rings (SSSR count). The smallest absolute Gasteiger partial charge is 0.214 e. The molecule has 1 heterocycles. The number of fused-ring (bicyclic) bond motifs is 1. The number of hydrogen-bond acceptors (Lipinski definition) is 5. The number of carbonyl (C=O) groups excluding carboxylic acids is 2. The molecule has 0 saturated carbocycles. The highest BCUT2D eigenvalue weighted by Crippen LogP contribution is 2.38. The molecule has 6 heteroatoms. The standard InChI is InChI=1S/C22H23NO5/c1-15(6-5-9-16-7-3-2-4-8-16)28-18-10-19-21(20(26)11-18)22(27)17(13-24)12-23(19)14-25/h2-4,7-8,10-11,13-15,24,26H,5-6,9,12H2,1H3. The molecule has 28 heavy (non-hydrogen) atoms. The minimum atomic E-state index is -0.504. The fourth-order valence-corrected chi connectivity index (χ4v) is 3.34. The molecule has 0 aromatic heterocycles. The number of aliphatic hydroxyl groups excluding tert-OH is 1. The minimum Gasteiger partial charge on any atom is -0.515 e. The molecule has 1 aliphatic rings. The first-order chi connectivity index (χ1) is 13.5. The Kier molecular flexibility index (Phi) is 5.99. The van der Waals surface area contributed by atoms with Crippen LogP contribution in [0.5, 0.6) is 11.5 Å². The summed E-state index contributed by atoms with van der Waals surface area (Å²) in [5, 5.41) is 19.5. The average Bonchev–Trinajstić information content (AvgIpc) is 2.69. The summed E-state index contributed by atoms with van der Waals surface area (Å²) in [5.74, 6) is -0.394. The van der Waals surface area contributed by atoms with Gasteiger partial charge in [-0.1, -0.05) is 30.3 Å². The quantitative estimate of drug-likeness (QED) is 0.433. The number of ketones is 1. The number of carbonyl (C=O) groups is 2. The van der Waals surface area contributed by atoms with Crippen LogP contribution in [0.1, 0.15) is 35.7 Å². The fourth-order valence-electron chi connectivity index (χ4n) is 3.34. The Labute approximate surface area is 163 Å². The van der Waals surface area contributed by atoms with Crippen molar-refractivity contribution >= 4 is 17.9 Å². The number of amides is 1. The summed E-state index contributed by atoms with van der Waals surface area (Å²) in [5.41, 5.74) is 1.58. The molecule has 2 aromatic rings. The topological polar surface area (TPSA) is 87.1 Å². The molecule has 146 valence electrons. The van der Waals surface area contributed by atoms with Crippen LogP contribution in [0.4, 0.5) is 5.69 Å². The molecule has 0 bridgehead atoms. The van der Waals surface area contributed by atoms with Gasteiger partial charge in [0.05, 0.1) is 35.7 Å². The average molecular weight is 381 g/mol. The zero-order valence-electron chi connectivity index (χ0n) is 15.7. The molecular formula is C22H23NO5. The van der Waals surface area contributed by atoms with Crippen molar-refractivity contribution in [2.75, 3.05) is 11.4 Å². The second-order valence-corrected chi connectivity index (χ2v) is 6.86. The van der Waals surface area contributed by atoms with E-state index in [1.165, 1.54) is 16.5 Å². The molecular weight excluding hydrogens is 358 g/mol. The summed E-state index contributed by atoms with van der Waals surface area (Å²) < 4.78 is 5.90. The number of Topliss-reactive ketones (excluding diaryl/α,β-unsaturated/α-hetero) is 1. The summed E-state index contributed by atoms with van der Waals surface area (Å²) >= 11 is 0. The van der Waals surface area contributed by atoms with Crippen LogP contribution in [-0.4, -0.2) is 35.1 Å². The SMILES string of the molecule is CC(CCCc1ccccc1)Oc1cc(O)c2c(c1)N(C=O)CC(=CO)C2=O. The number of phenols is 1. The number of phenolic OH excluding ortho intramolecular Hbond substituents is 1. The van der Waals surface area contributed by atoms with Crippen LogP contribution in [0, 0.1) is 0 Å². The number of anilines is 1. The second kappa shape index (κ2) is 8.61. The molecule has 0 saturated heterocycles. The largest absolute Gasteiger partial charge is 0.515 e. The third-order valence-corrected chi connectivity index (χ3v) is 4.78. The summed E-state index contributed by atoms with van der Waals surface area (Å²) in [4.78, 5) is 25.0. The van der Waals surface area contributed by atoms with Crippen LogP contribution in [0.25, 0.3) is 0 Å². The normalized spacial score (nSPS) is 16.0. The predicted octanol–water partition coefficient (Wildman–Crippen LogP) is 3.78. The van der Waals surface area contributed by atoms with Crippen LogP contribution in [0.3, 0.4) is 0 Å². The third-order valence-electron chi connectivity index (χ3n) is 4.78. The van der Waals surface area contributed by atoms with E-state index in [4.69, 9.17) is 4.74 Å². The first-order valence-corrected chi connectivity index (χ1v) is 9.21. The lowest BCUT2D eigenvalue weighted by Gasteiger charge is -2.28. The number of aliphatic hydroxyl groups is 1. The number of hydrogen-bond donors (Lipinski definition) is 2. The summed E-state index contributed by atoms with van der Waals surface area (Å²) in [6.45, 7) is 1.89. The molecule has 0 aliphatic carbocycles. The number of rotatable bonds is 7. The lowest BCUT2D eigenvalue weighted by molar-refractivity contribution is -0.107. The van der Waals surface area contributed by atoms with Crippen LogP contribution >= 0.6 is 0 Å². The third kappa shape index (κ3) is 4.17. The van der Waals surface area contributed by atoms with Gasteiger partial charge in [-0.3, -0.25) is 9.59 Å². The highest BCUT2D eigenvalue weighted by Gasteiger charge is 2.31. The lowest BCUT2D eigenvalue weighted by atomic mass is 9.96. The van der Waals surface area contributed by atoms with Crippen molar-refractivity contribution < 1.29 is 24.5 Å². The van der Waals surface area contributed by atoms with Gasteiger partial charge in [-0.25, -0.2) is 0 Å². The van der Waals surface area contributed by atoms with Gasteiger partial charge in [0, 0.05) is 12.1 Å². The van der Waals surface area contributed by atoms with Gasteiger partial charge < -0.3 is 19.8 Å². The highest BCUT2D eigenvalue weighted by atomic mass is 16.5. The summed E-state index contributed by atoms with van der Waals surface area (Å²) in [6.07, 6.45) is 3.85. The van der Waals surface area contributed by atoms with E-state index in [1.54, 1.807) is 6.07 Å². The van der Waals surface area contributed by atoms with Gasteiger partial charge in [-0.15, -0.1) is 0 Å². The molecule has 0 radical (unpaired) electrons. The zero-order chi connectivity index (χ0) is 20.1. The molecule has 2 aromatic carbocycles. The maximum absolute atomic E-state index is 12.4. The van der Waals surface area contributed by atoms with E-state index < -0.39 is 5.78 Å². The van der Waals surface area contributed by atoms with E-state index in [0.29, 0.717) is 18.4 Å². The minimum absolute atomic E-state index is 0.0114. The van der Waals surface area contributed by atoms with Gasteiger partial charge in [-0.2, -0.15) is 0 Å². The molecule has 6 nitrogen and oxygen atoms in total. The lowest BCUT2D eigenvalue weighted by Crippen LogP contribution is -2.33. The molecule has 1 amide bonds. The number of benzene rings is 2. The van der Waals surface area contributed by atoms with Crippen molar-refractivity contribution in [3.05, 3.63) is 65.4 Å². The Hall–Kier alpha value is -3.28. The van der Waals surface area contributed by atoms with E-state index in [0.717, 1.165) is 19.3 Å². The van der Waals surface area contributed by atoms with Crippen LogP contribution in [0.2, 0.25) is 0 Å². The van der Waals surface area contributed by atoms with Gasteiger partial charge in [0.15, 0.2) is 5.78 Å². The van der Waals surface area contributed by atoms with E-state index in [1.807, 2.05) is 25.1 Å². The van der Waals surface area contributed by atoms with Crippen LogP contribution < -0.4 is 9.64 Å². The Morgan fingerprint density at radius 2 is 2.00 bits per heavy atom. The van der Waals surface area contributed by atoms with Gasteiger partial charge in [0.2, 0.25) is 6.41 Å². The van der Waals surface area contributed by atoms with Crippen molar-refractivity contribution in [3.8, 4) is 11.5 Å². The van der Waals surface area contributed by atoms with E-state index in [-0.39, 0.29) is 35.2 Å². The summed E-state index contributed by atoms with van der Waals surface area (Å²) in [6, 6.07) is 13.1. The maximum atomic E-state index is 12.4. The van der Waals surface area contributed by atoms with Crippen molar-refractivity contribution in [3.63, 3.8) is 0 Å². The highest BCUT2D eigenvalue weighted by molar-refractivity contribution is 6.18. The number of aromatic hydroxyl groups is 1. The van der Waals surface area contributed by atoms with Crippen LogP contribution in [0.15, 0.2) is 54.3 Å². The monoisotopic (exact) mass is 381 g/mol. The number of ether oxygens (including phenoxy) is 1. The van der Waals surface area contributed by atoms with Crippen molar-refractivity contribution in [1.29, 1.82) is 0 Å². The molecule has 2 N–H and O–H groups in total. The van der Waals surface area contributed by atoms with Crippen molar-refractivity contribution in [2.24, 2.45) is 0 Å². The molecule has 0 spiro atoms. The van der Waals surface area contributed by atoms with E-state index >= 15 is 0 Å². The summed E-state index contributed by atoms with van der Waals surface area (Å²) in [7, 11) is 0.